The van der Waals surface area contributed by atoms with E-state index in [-0.39, 0.29) is 0 Å². The molecule has 2 saturated heterocycles. The van der Waals surface area contributed by atoms with E-state index in [2.05, 4.69) is 41.2 Å². The second kappa shape index (κ2) is 3.74. The summed E-state index contributed by atoms with van der Waals surface area (Å²) in [6.45, 7) is 7.72. The molecule has 0 saturated carbocycles. The van der Waals surface area contributed by atoms with Gasteiger partial charge < -0.3 is 10.2 Å². The van der Waals surface area contributed by atoms with Gasteiger partial charge in [-0.2, -0.15) is 0 Å². The zero-order valence-corrected chi connectivity index (χ0v) is 10.0. The topological polar surface area (TPSA) is 28.2 Å². The molecule has 1 N–H and O–H groups in total. The van der Waals surface area contributed by atoms with E-state index in [1.165, 1.54) is 30.9 Å². The average Bonchev–Trinajstić information content (AvgIpc) is 2.75. The lowest BCUT2D eigenvalue weighted by Crippen LogP contribution is -2.34. The fraction of sp³-hybridized carbons (Fsp3) is 0.615. The molecule has 3 heterocycles. The van der Waals surface area contributed by atoms with E-state index >= 15 is 0 Å². The molecule has 0 amide bonds. The summed E-state index contributed by atoms with van der Waals surface area (Å²) in [6, 6.07) is 5.03. The molecule has 2 fully saturated rings. The normalized spacial score (nSPS) is 28.5. The van der Waals surface area contributed by atoms with Crippen molar-refractivity contribution in [2.45, 2.75) is 26.3 Å². The van der Waals surface area contributed by atoms with Crippen molar-refractivity contribution in [3.05, 3.63) is 23.4 Å². The maximum absolute atomic E-state index is 4.67. The summed E-state index contributed by atoms with van der Waals surface area (Å²) in [5, 5.41) is 3.48. The van der Waals surface area contributed by atoms with Gasteiger partial charge in [0, 0.05) is 31.4 Å². The maximum atomic E-state index is 4.67. The summed E-state index contributed by atoms with van der Waals surface area (Å²) in [5.41, 5.74) is 2.45. The molecule has 0 aromatic carbocycles. The minimum atomic E-state index is 0.675. The fourth-order valence-corrected chi connectivity index (χ4v) is 3.10. The van der Waals surface area contributed by atoms with Crippen LogP contribution in [0, 0.1) is 19.8 Å². The Labute approximate surface area is 96.9 Å². The van der Waals surface area contributed by atoms with E-state index in [9.17, 15) is 0 Å². The lowest BCUT2D eigenvalue weighted by molar-refractivity contribution is 0.577. The van der Waals surface area contributed by atoms with E-state index < -0.39 is 0 Å². The van der Waals surface area contributed by atoms with Crippen LogP contribution < -0.4 is 10.2 Å². The number of nitrogens with zero attached hydrogens (tertiary/aromatic N) is 2. The van der Waals surface area contributed by atoms with Crippen LogP contribution in [0.5, 0.6) is 0 Å². The van der Waals surface area contributed by atoms with Gasteiger partial charge in [-0.1, -0.05) is 0 Å². The van der Waals surface area contributed by atoms with Crippen molar-refractivity contribution in [2.75, 3.05) is 24.5 Å². The first-order valence-corrected chi connectivity index (χ1v) is 6.17. The summed E-state index contributed by atoms with van der Waals surface area (Å²) >= 11 is 0. The predicted molar refractivity (Wildman–Crippen MR) is 65.8 cm³/mol. The quantitative estimate of drug-likeness (QED) is 0.772. The van der Waals surface area contributed by atoms with E-state index in [4.69, 9.17) is 0 Å². The summed E-state index contributed by atoms with van der Waals surface area (Å²) in [4.78, 5) is 7.17. The minimum absolute atomic E-state index is 0.675. The van der Waals surface area contributed by atoms with Crippen molar-refractivity contribution in [1.29, 1.82) is 0 Å². The van der Waals surface area contributed by atoms with Crippen LogP contribution in [-0.2, 0) is 0 Å². The van der Waals surface area contributed by atoms with Crippen LogP contribution in [0.15, 0.2) is 12.1 Å². The van der Waals surface area contributed by atoms with Crippen LogP contribution in [0.25, 0.3) is 0 Å². The number of anilines is 1. The van der Waals surface area contributed by atoms with Crippen molar-refractivity contribution in [3.63, 3.8) is 0 Å². The van der Waals surface area contributed by atoms with Gasteiger partial charge in [-0.3, -0.25) is 0 Å². The highest BCUT2D eigenvalue weighted by atomic mass is 15.3. The Morgan fingerprint density at radius 3 is 3.00 bits per heavy atom. The van der Waals surface area contributed by atoms with Gasteiger partial charge in [-0.25, -0.2) is 4.98 Å². The lowest BCUT2D eigenvalue weighted by atomic mass is 10.1. The summed E-state index contributed by atoms with van der Waals surface area (Å²) in [5.74, 6) is 2.01. The SMILES string of the molecule is Cc1cc(C)nc(N2CC[C@@H]3CNC[C@@H]32)c1. The molecule has 1 aromatic rings. The van der Waals surface area contributed by atoms with Crippen molar-refractivity contribution in [1.82, 2.24) is 10.3 Å². The van der Waals surface area contributed by atoms with Crippen molar-refractivity contribution in [3.8, 4) is 0 Å². The smallest absolute Gasteiger partial charge is 0.129 e. The Bertz CT molecular complexity index is 382. The molecule has 0 bridgehead atoms. The van der Waals surface area contributed by atoms with Gasteiger partial charge in [0.2, 0.25) is 0 Å². The third-order valence-corrected chi connectivity index (χ3v) is 3.82. The zero-order chi connectivity index (χ0) is 11.1. The highest BCUT2D eigenvalue weighted by Gasteiger charge is 2.38. The van der Waals surface area contributed by atoms with E-state index in [0.29, 0.717) is 6.04 Å². The number of aryl methyl sites for hydroxylation is 2. The van der Waals surface area contributed by atoms with Crippen LogP contribution in [-0.4, -0.2) is 30.7 Å². The first kappa shape index (κ1) is 10.1. The molecular formula is C13H19N3. The molecule has 3 rings (SSSR count). The Morgan fingerprint density at radius 2 is 2.19 bits per heavy atom. The number of nitrogens with one attached hydrogen (secondary N) is 1. The molecule has 0 spiro atoms. The number of hydrogen-bond acceptors (Lipinski definition) is 3. The lowest BCUT2D eigenvalue weighted by Gasteiger charge is -2.25. The highest BCUT2D eigenvalue weighted by Crippen LogP contribution is 2.31. The van der Waals surface area contributed by atoms with Gasteiger partial charge in [0.25, 0.3) is 0 Å². The molecule has 2 aliphatic heterocycles. The van der Waals surface area contributed by atoms with Gasteiger partial charge in [0.1, 0.15) is 5.82 Å². The van der Waals surface area contributed by atoms with Crippen LogP contribution >= 0.6 is 0 Å². The van der Waals surface area contributed by atoms with Crippen molar-refractivity contribution >= 4 is 5.82 Å². The standard InChI is InChI=1S/C13H19N3/c1-9-5-10(2)15-13(6-9)16-4-3-11-7-14-8-12(11)16/h5-6,11-12,14H,3-4,7-8H2,1-2H3/t11-,12+/m1/s1. The molecule has 1 aromatic heterocycles. The first-order valence-electron chi connectivity index (χ1n) is 6.17. The fourth-order valence-electron chi connectivity index (χ4n) is 3.10. The number of pyridine rings is 1. The Morgan fingerprint density at radius 1 is 1.31 bits per heavy atom. The second-order valence-corrected chi connectivity index (χ2v) is 5.11. The number of aromatic nitrogens is 1. The first-order chi connectivity index (χ1) is 7.74. The van der Waals surface area contributed by atoms with Gasteiger partial charge in [-0.05, 0) is 43.9 Å². The minimum Gasteiger partial charge on any atom is -0.352 e. The largest absolute Gasteiger partial charge is 0.352 e. The molecule has 0 unspecified atom stereocenters. The number of hydrogen-bond donors (Lipinski definition) is 1. The van der Waals surface area contributed by atoms with Crippen molar-refractivity contribution in [2.24, 2.45) is 5.92 Å². The highest BCUT2D eigenvalue weighted by molar-refractivity contribution is 5.45. The van der Waals surface area contributed by atoms with Crippen LogP contribution in [0.2, 0.25) is 0 Å². The van der Waals surface area contributed by atoms with Gasteiger partial charge in [-0.15, -0.1) is 0 Å². The van der Waals surface area contributed by atoms with Crippen LogP contribution in [0.1, 0.15) is 17.7 Å². The van der Waals surface area contributed by atoms with Gasteiger partial charge in [0.05, 0.1) is 0 Å². The van der Waals surface area contributed by atoms with Gasteiger partial charge in [0.15, 0.2) is 0 Å². The summed E-state index contributed by atoms with van der Waals surface area (Å²) in [6.07, 6.45) is 1.31. The Hall–Kier alpha value is -1.09. The summed E-state index contributed by atoms with van der Waals surface area (Å²) < 4.78 is 0. The zero-order valence-electron chi connectivity index (χ0n) is 10.0. The summed E-state index contributed by atoms with van der Waals surface area (Å²) in [7, 11) is 0. The average molecular weight is 217 g/mol. The Balaban J connectivity index is 1.91. The number of fused-ring (bicyclic) bond motifs is 1. The maximum Gasteiger partial charge on any atom is 0.129 e. The van der Waals surface area contributed by atoms with E-state index in [0.717, 1.165) is 18.2 Å². The second-order valence-electron chi connectivity index (χ2n) is 5.11. The molecule has 2 aliphatic rings. The number of rotatable bonds is 1. The van der Waals surface area contributed by atoms with E-state index in [1.807, 2.05) is 0 Å². The van der Waals surface area contributed by atoms with Crippen molar-refractivity contribution < 1.29 is 0 Å². The monoisotopic (exact) mass is 217 g/mol. The van der Waals surface area contributed by atoms with Crippen LogP contribution in [0.4, 0.5) is 5.82 Å². The third kappa shape index (κ3) is 1.59. The van der Waals surface area contributed by atoms with Crippen LogP contribution in [0.3, 0.4) is 0 Å². The third-order valence-electron chi connectivity index (χ3n) is 3.82. The molecule has 16 heavy (non-hydrogen) atoms. The predicted octanol–water partition coefficient (Wildman–Crippen LogP) is 1.50. The van der Waals surface area contributed by atoms with Gasteiger partial charge >= 0.3 is 0 Å². The molecule has 3 heteroatoms. The molecule has 86 valence electrons. The molecular weight excluding hydrogens is 198 g/mol. The molecule has 0 radical (unpaired) electrons. The molecule has 3 nitrogen and oxygen atoms in total. The van der Waals surface area contributed by atoms with E-state index in [1.54, 1.807) is 0 Å². The molecule has 0 aliphatic carbocycles. The molecule has 2 atom stereocenters. The Kier molecular flexibility index (Phi) is 2.36.